The molecule has 0 aliphatic heterocycles. The predicted molar refractivity (Wildman–Crippen MR) is 111 cm³/mol. The fourth-order valence-corrected chi connectivity index (χ4v) is 3.42. The lowest BCUT2D eigenvalue weighted by Gasteiger charge is -2.10. The first-order valence-corrected chi connectivity index (χ1v) is 8.94. The van der Waals surface area contributed by atoms with Crippen molar-refractivity contribution in [2.24, 2.45) is 5.10 Å². The normalized spacial score (nSPS) is 10.9. The first kappa shape index (κ1) is 18.2. The largest absolute Gasteiger partial charge is 0.493 e. The van der Waals surface area contributed by atoms with Gasteiger partial charge in [0.1, 0.15) is 0 Å². The summed E-state index contributed by atoms with van der Waals surface area (Å²) in [6.45, 7) is 0. The number of halogens is 1. The molecule has 1 amide bonds. The Morgan fingerprint density at radius 2 is 1.81 bits per heavy atom. The second-order valence-corrected chi connectivity index (χ2v) is 6.66. The molecule has 0 heterocycles. The quantitative estimate of drug-likeness (QED) is 0.353. The highest BCUT2D eigenvalue weighted by molar-refractivity contribution is 14.1. The van der Waals surface area contributed by atoms with E-state index in [0.717, 1.165) is 19.9 Å². The monoisotopic (exact) mass is 460 g/mol. The van der Waals surface area contributed by atoms with Crippen LogP contribution in [0, 0.1) is 3.57 Å². The first-order chi connectivity index (χ1) is 12.6. The van der Waals surface area contributed by atoms with Crippen LogP contribution in [0.1, 0.15) is 15.9 Å². The van der Waals surface area contributed by atoms with Crippen LogP contribution in [0.4, 0.5) is 0 Å². The summed E-state index contributed by atoms with van der Waals surface area (Å²) in [5.74, 6) is 1.02. The number of ether oxygens (including phenoxy) is 2. The number of hydrogen-bond donors (Lipinski definition) is 1. The molecular weight excluding hydrogens is 443 g/mol. The van der Waals surface area contributed by atoms with E-state index in [-0.39, 0.29) is 5.91 Å². The van der Waals surface area contributed by atoms with Gasteiger partial charge in [0.05, 0.1) is 24.0 Å². The van der Waals surface area contributed by atoms with Gasteiger partial charge in [-0.1, -0.05) is 30.3 Å². The molecule has 26 heavy (non-hydrogen) atoms. The third-order valence-corrected chi connectivity index (χ3v) is 4.65. The zero-order chi connectivity index (χ0) is 18.5. The number of amides is 1. The van der Waals surface area contributed by atoms with Gasteiger partial charge < -0.3 is 9.47 Å². The van der Waals surface area contributed by atoms with E-state index in [2.05, 4.69) is 33.1 Å². The van der Waals surface area contributed by atoms with Gasteiger partial charge in [0.2, 0.25) is 0 Å². The molecule has 0 fully saturated rings. The van der Waals surface area contributed by atoms with Crippen LogP contribution in [0.25, 0.3) is 10.8 Å². The topological polar surface area (TPSA) is 59.9 Å². The Bertz CT molecular complexity index is 986. The molecule has 0 atom stereocenters. The summed E-state index contributed by atoms with van der Waals surface area (Å²) in [6, 6.07) is 17.1. The van der Waals surface area contributed by atoms with Crippen molar-refractivity contribution >= 4 is 45.5 Å². The average Bonchev–Trinajstić information content (AvgIpc) is 2.67. The van der Waals surface area contributed by atoms with E-state index in [1.165, 1.54) is 0 Å². The van der Waals surface area contributed by atoms with Crippen LogP contribution in [-0.2, 0) is 0 Å². The Labute approximate surface area is 165 Å². The number of nitrogens with zero attached hydrogens (tertiary/aromatic N) is 1. The van der Waals surface area contributed by atoms with Gasteiger partial charge in [0, 0.05) is 5.56 Å². The SMILES string of the molecule is COc1cc(/C=N\NC(=O)c2ccc3ccccc3c2)cc(I)c1OC. The smallest absolute Gasteiger partial charge is 0.271 e. The Morgan fingerprint density at radius 1 is 1.04 bits per heavy atom. The fourth-order valence-electron chi connectivity index (χ4n) is 2.57. The Morgan fingerprint density at radius 3 is 2.54 bits per heavy atom. The number of fused-ring (bicyclic) bond motifs is 1. The number of carbonyl (C=O) groups is 1. The molecule has 0 aliphatic rings. The van der Waals surface area contributed by atoms with Crippen LogP contribution in [-0.4, -0.2) is 26.3 Å². The van der Waals surface area contributed by atoms with Crippen molar-refractivity contribution in [1.82, 2.24) is 5.43 Å². The van der Waals surface area contributed by atoms with Crippen LogP contribution in [0.2, 0.25) is 0 Å². The minimum Gasteiger partial charge on any atom is -0.493 e. The van der Waals surface area contributed by atoms with Crippen LogP contribution in [0.5, 0.6) is 11.5 Å². The van der Waals surface area contributed by atoms with Crippen molar-refractivity contribution < 1.29 is 14.3 Å². The number of hydrazone groups is 1. The molecule has 0 unspecified atom stereocenters. The molecule has 3 rings (SSSR count). The molecule has 1 N–H and O–H groups in total. The van der Waals surface area contributed by atoms with E-state index < -0.39 is 0 Å². The van der Waals surface area contributed by atoms with Crippen LogP contribution >= 0.6 is 22.6 Å². The summed E-state index contributed by atoms with van der Waals surface area (Å²) < 4.78 is 11.5. The molecule has 0 saturated heterocycles. The van der Waals surface area contributed by atoms with Gasteiger partial charge in [-0.25, -0.2) is 5.43 Å². The highest BCUT2D eigenvalue weighted by atomic mass is 127. The average molecular weight is 460 g/mol. The standard InChI is InChI=1S/C20H17IN2O3/c1-25-18-10-13(9-17(21)19(18)26-2)12-22-23-20(24)16-8-7-14-5-3-4-6-15(14)11-16/h3-12H,1-2H3,(H,23,24)/b22-12-. The second kappa shape index (κ2) is 8.18. The van der Waals surface area contributed by atoms with Crippen molar-refractivity contribution in [1.29, 1.82) is 0 Å². The molecule has 132 valence electrons. The van der Waals surface area contributed by atoms with E-state index in [0.29, 0.717) is 17.1 Å². The number of carbonyl (C=O) groups excluding carboxylic acids is 1. The highest BCUT2D eigenvalue weighted by Crippen LogP contribution is 2.33. The molecule has 3 aromatic carbocycles. The zero-order valence-corrected chi connectivity index (χ0v) is 16.5. The Hall–Kier alpha value is -2.61. The molecule has 0 saturated carbocycles. The molecular formula is C20H17IN2O3. The summed E-state index contributed by atoms with van der Waals surface area (Å²) >= 11 is 2.16. The minimum absolute atomic E-state index is 0.262. The van der Waals surface area contributed by atoms with Crippen molar-refractivity contribution in [3.63, 3.8) is 0 Å². The molecule has 0 aliphatic carbocycles. The molecule has 0 radical (unpaired) electrons. The van der Waals surface area contributed by atoms with Gasteiger partial charge in [-0.2, -0.15) is 5.10 Å². The van der Waals surface area contributed by atoms with Gasteiger partial charge in [0.15, 0.2) is 11.5 Å². The molecule has 0 aromatic heterocycles. The van der Waals surface area contributed by atoms with E-state index >= 15 is 0 Å². The minimum atomic E-state index is -0.262. The first-order valence-electron chi connectivity index (χ1n) is 7.86. The Balaban J connectivity index is 1.75. The van der Waals surface area contributed by atoms with Crippen LogP contribution in [0.15, 0.2) is 59.7 Å². The molecule has 0 bridgehead atoms. The molecule has 5 nitrogen and oxygen atoms in total. The van der Waals surface area contributed by atoms with Gasteiger partial charge in [-0.3, -0.25) is 4.79 Å². The lowest BCUT2D eigenvalue weighted by molar-refractivity contribution is 0.0955. The molecule has 0 spiro atoms. The maximum absolute atomic E-state index is 12.3. The number of methoxy groups -OCH3 is 2. The molecule has 6 heteroatoms. The Kier molecular flexibility index (Phi) is 5.72. The number of hydrogen-bond acceptors (Lipinski definition) is 4. The summed E-state index contributed by atoms with van der Waals surface area (Å²) in [5.41, 5.74) is 3.91. The number of nitrogens with one attached hydrogen (secondary N) is 1. The highest BCUT2D eigenvalue weighted by Gasteiger charge is 2.10. The number of benzene rings is 3. The van der Waals surface area contributed by atoms with Crippen molar-refractivity contribution in [2.45, 2.75) is 0 Å². The van der Waals surface area contributed by atoms with Crippen molar-refractivity contribution in [2.75, 3.05) is 14.2 Å². The van der Waals surface area contributed by atoms with Gasteiger partial charge in [-0.05, 0) is 63.2 Å². The summed E-state index contributed by atoms with van der Waals surface area (Å²) in [6.07, 6.45) is 1.57. The van der Waals surface area contributed by atoms with Crippen LogP contribution < -0.4 is 14.9 Å². The zero-order valence-electron chi connectivity index (χ0n) is 14.3. The van der Waals surface area contributed by atoms with Crippen molar-refractivity contribution in [3.05, 3.63) is 69.3 Å². The van der Waals surface area contributed by atoms with E-state index in [9.17, 15) is 4.79 Å². The second-order valence-electron chi connectivity index (χ2n) is 5.50. The third-order valence-electron chi connectivity index (χ3n) is 3.85. The summed E-state index contributed by atoms with van der Waals surface area (Å²) in [5, 5.41) is 6.15. The molecule has 3 aromatic rings. The van der Waals surface area contributed by atoms with Crippen LogP contribution in [0.3, 0.4) is 0 Å². The maximum Gasteiger partial charge on any atom is 0.271 e. The van der Waals surface area contributed by atoms with Gasteiger partial charge in [0.25, 0.3) is 5.91 Å². The lowest BCUT2D eigenvalue weighted by atomic mass is 10.1. The van der Waals surface area contributed by atoms with E-state index in [1.807, 2.05) is 42.5 Å². The van der Waals surface area contributed by atoms with Crippen molar-refractivity contribution in [3.8, 4) is 11.5 Å². The van der Waals surface area contributed by atoms with Gasteiger partial charge >= 0.3 is 0 Å². The number of rotatable bonds is 5. The third kappa shape index (κ3) is 3.96. The maximum atomic E-state index is 12.3. The van der Waals surface area contributed by atoms with E-state index in [4.69, 9.17) is 9.47 Å². The van der Waals surface area contributed by atoms with Gasteiger partial charge in [-0.15, -0.1) is 0 Å². The summed E-state index contributed by atoms with van der Waals surface area (Å²) in [4.78, 5) is 12.3. The predicted octanol–water partition coefficient (Wildman–Crippen LogP) is 4.23. The fraction of sp³-hybridized carbons (Fsp3) is 0.100. The van der Waals surface area contributed by atoms with E-state index in [1.54, 1.807) is 32.6 Å². The summed E-state index contributed by atoms with van der Waals surface area (Å²) in [7, 11) is 3.17. The lowest BCUT2D eigenvalue weighted by Crippen LogP contribution is -2.17.